The maximum atomic E-state index is 13.7. The van der Waals surface area contributed by atoms with Crippen LogP contribution in [-0.2, 0) is 6.61 Å². The van der Waals surface area contributed by atoms with Gasteiger partial charge in [-0.25, -0.2) is 13.8 Å². The molecule has 3 N–H and O–H groups in total. The Morgan fingerprint density at radius 1 is 1.05 bits per heavy atom. The fourth-order valence-electron chi connectivity index (χ4n) is 3.93. The van der Waals surface area contributed by atoms with Gasteiger partial charge in [-0.05, 0) is 41.5 Å². The van der Waals surface area contributed by atoms with Crippen LogP contribution in [0.3, 0.4) is 0 Å². The quantitative estimate of drug-likeness (QED) is 0.181. The fourth-order valence-corrected chi connectivity index (χ4v) is 5.87. The first kappa shape index (κ1) is 27.9. The van der Waals surface area contributed by atoms with E-state index in [0.717, 1.165) is 11.3 Å². The number of halogens is 5. The Kier molecular flexibility index (Phi) is 7.95. The largest absolute Gasteiger partial charge is 0.483 e. The molecular formula is C27H16Cl3F2N3O4S. The van der Waals surface area contributed by atoms with Crippen molar-refractivity contribution < 1.29 is 27.5 Å². The van der Waals surface area contributed by atoms with E-state index in [1.807, 2.05) is 0 Å². The van der Waals surface area contributed by atoms with E-state index in [2.05, 4.69) is 10.3 Å². The molecule has 3 heterocycles. The second-order valence-electron chi connectivity index (χ2n) is 8.32. The van der Waals surface area contributed by atoms with Crippen LogP contribution in [0.1, 0.15) is 38.1 Å². The number of alkyl halides is 2. The van der Waals surface area contributed by atoms with E-state index in [1.165, 1.54) is 30.3 Å². The molecule has 0 bridgehead atoms. The number of primary amides is 1. The monoisotopic (exact) mass is 621 g/mol. The Morgan fingerprint density at radius 3 is 2.40 bits per heavy atom. The number of carbonyl (C=O) groups is 2. The van der Waals surface area contributed by atoms with E-state index in [4.69, 9.17) is 49.7 Å². The van der Waals surface area contributed by atoms with Crippen molar-refractivity contribution in [2.24, 2.45) is 5.73 Å². The number of aromatic nitrogens is 1. The van der Waals surface area contributed by atoms with Gasteiger partial charge >= 0.3 is 0 Å². The number of pyridine rings is 1. The zero-order chi connectivity index (χ0) is 28.6. The van der Waals surface area contributed by atoms with Crippen LogP contribution in [0.4, 0.5) is 14.5 Å². The van der Waals surface area contributed by atoms with Crippen molar-refractivity contribution in [3.8, 4) is 16.9 Å². The zero-order valence-electron chi connectivity index (χ0n) is 20.0. The van der Waals surface area contributed by atoms with E-state index in [-0.39, 0.29) is 49.3 Å². The molecule has 0 aliphatic heterocycles. The van der Waals surface area contributed by atoms with Crippen LogP contribution < -0.4 is 15.8 Å². The van der Waals surface area contributed by atoms with Gasteiger partial charge in [-0.1, -0.05) is 65.1 Å². The number of nitrogens with zero attached hydrogens (tertiary/aromatic N) is 1. The van der Waals surface area contributed by atoms with Gasteiger partial charge in [0.15, 0.2) is 11.5 Å². The normalized spacial score (nSPS) is 11.2. The molecule has 2 amide bonds. The first-order chi connectivity index (χ1) is 19.1. The van der Waals surface area contributed by atoms with Crippen molar-refractivity contribution in [3.63, 3.8) is 0 Å². The fraction of sp³-hybridized carbons (Fsp3) is 0.0741. The molecule has 0 radical (unpaired) electrons. The maximum Gasteiger partial charge on any atom is 0.291 e. The van der Waals surface area contributed by atoms with Crippen molar-refractivity contribution in [3.05, 3.63) is 97.8 Å². The Bertz CT molecular complexity index is 1740. The number of nitrogens with one attached hydrogen (secondary N) is 1. The minimum Gasteiger partial charge on any atom is -0.483 e. The lowest BCUT2D eigenvalue weighted by molar-refractivity contribution is 0.0992. The number of carbonyl (C=O) groups excluding carboxylic acids is 2. The third-order valence-corrected chi connectivity index (χ3v) is 7.54. The number of furan rings is 1. The molecule has 0 unspecified atom stereocenters. The number of ether oxygens (including phenoxy) is 1. The standard InChI is InChI=1S/C27H16Cl3F2N3O4S/c28-13-8-16(29)22(17(30)9-13)38-11-14-6-7-19(39-14)26(37)35-21-20-15(12-4-2-1-3-5-12)10-18(24(31)32)34-27(20)40-23(21)25(33)36/h1-10,24H,11H2,(H2,33,36)(H,35,37). The number of hydrogen-bond acceptors (Lipinski definition) is 6. The van der Waals surface area contributed by atoms with Crippen LogP contribution in [-0.4, -0.2) is 16.8 Å². The van der Waals surface area contributed by atoms with Crippen LogP contribution >= 0.6 is 46.1 Å². The molecule has 2 aromatic carbocycles. The number of nitrogens with two attached hydrogens (primary N) is 1. The highest BCUT2D eigenvalue weighted by Crippen LogP contribution is 2.43. The lowest BCUT2D eigenvalue weighted by Gasteiger charge is -2.10. The molecule has 7 nitrogen and oxygen atoms in total. The Morgan fingerprint density at radius 2 is 1.75 bits per heavy atom. The number of anilines is 1. The summed E-state index contributed by atoms with van der Waals surface area (Å²) >= 11 is 19.0. The highest BCUT2D eigenvalue weighted by atomic mass is 35.5. The van der Waals surface area contributed by atoms with Gasteiger partial charge in [0, 0.05) is 10.4 Å². The maximum absolute atomic E-state index is 13.7. The highest BCUT2D eigenvalue weighted by molar-refractivity contribution is 7.21. The van der Waals surface area contributed by atoms with Crippen LogP contribution in [0, 0.1) is 0 Å². The molecule has 0 saturated heterocycles. The van der Waals surface area contributed by atoms with Crippen molar-refractivity contribution in [1.29, 1.82) is 0 Å². The first-order valence-corrected chi connectivity index (χ1v) is 13.4. The number of thiophene rings is 1. The Labute approximate surface area is 244 Å². The SMILES string of the molecule is NC(=O)c1sc2nc(C(F)F)cc(-c3ccccc3)c2c1NC(=O)c1ccc(COc2c(Cl)cc(Cl)cc2Cl)o1. The summed E-state index contributed by atoms with van der Waals surface area (Å²) in [4.78, 5) is 29.6. The summed E-state index contributed by atoms with van der Waals surface area (Å²) in [5.74, 6) is -1.23. The Balaban J connectivity index is 1.48. The average Bonchev–Trinajstić information content (AvgIpc) is 3.53. The van der Waals surface area contributed by atoms with Crippen LogP contribution in [0.5, 0.6) is 5.75 Å². The van der Waals surface area contributed by atoms with Crippen molar-refractivity contribution in [2.75, 3.05) is 5.32 Å². The first-order valence-electron chi connectivity index (χ1n) is 11.4. The smallest absolute Gasteiger partial charge is 0.291 e. The van der Waals surface area contributed by atoms with E-state index >= 15 is 0 Å². The Hall–Kier alpha value is -3.70. The van der Waals surface area contributed by atoms with Gasteiger partial charge in [0.2, 0.25) is 0 Å². The predicted octanol–water partition coefficient (Wildman–Crippen LogP) is 8.38. The van der Waals surface area contributed by atoms with Crippen LogP contribution in [0.2, 0.25) is 15.1 Å². The van der Waals surface area contributed by atoms with E-state index in [9.17, 15) is 18.4 Å². The summed E-state index contributed by atoms with van der Waals surface area (Å²) in [5, 5.41) is 3.68. The molecule has 0 saturated carbocycles. The third-order valence-electron chi connectivity index (χ3n) is 5.66. The van der Waals surface area contributed by atoms with Crippen molar-refractivity contribution >= 4 is 73.9 Å². The van der Waals surface area contributed by atoms with Gasteiger partial charge in [-0.3, -0.25) is 9.59 Å². The number of rotatable bonds is 8. The molecule has 5 aromatic rings. The summed E-state index contributed by atoms with van der Waals surface area (Å²) in [5.41, 5.74) is 6.09. The summed E-state index contributed by atoms with van der Waals surface area (Å²) < 4.78 is 38.6. The average molecular weight is 623 g/mol. The van der Waals surface area contributed by atoms with Gasteiger partial charge < -0.3 is 20.2 Å². The lowest BCUT2D eigenvalue weighted by atomic mass is 10.0. The lowest BCUT2D eigenvalue weighted by Crippen LogP contribution is -2.16. The molecule has 5 rings (SSSR count). The third kappa shape index (κ3) is 5.62. The van der Waals surface area contributed by atoms with Crippen molar-refractivity contribution in [1.82, 2.24) is 4.98 Å². The summed E-state index contributed by atoms with van der Waals surface area (Å²) in [6, 6.07) is 15.8. The molecule has 0 fully saturated rings. The molecule has 0 spiro atoms. The molecule has 204 valence electrons. The van der Waals surface area contributed by atoms with Gasteiger partial charge in [0.05, 0.1) is 15.7 Å². The molecule has 0 aliphatic carbocycles. The zero-order valence-corrected chi connectivity index (χ0v) is 23.1. The summed E-state index contributed by atoms with van der Waals surface area (Å²) in [6.07, 6.45) is -2.86. The molecule has 13 heteroatoms. The second-order valence-corrected chi connectivity index (χ2v) is 10.6. The number of benzene rings is 2. The number of fused-ring (bicyclic) bond motifs is 1. The molecule has 3 aromatic heterocycles. The molecule has 0 atom stereocenters. The highest BCUT2D eigenvalue weighted by Gasteiger charge is 2.26. The molecular weight excluding hydrogens is 607 g/mol. The predicted molar refractivity (Wildman–Crippen MR) is 151 cm³/mol. The molecule has 40 heavy (non-hydrogen) atoms. The topological polar surface area (TPSA) is 107 Å². The van der Waals surface area contributed by atoms with Gasteiger partial charge in [-0.15, -0.1) is 11.3 Å². The minimum absolute atomic E-state index is 0.0404. The van der Waals surface area contributed by atoms with Gasteiger partial charge in [0.25, 0.3) is 18.2 Å². The van der Waals surface area contributed by atoms with Crippen LogP contribution in [0.15, 0.2) is 65.1 Å². The summed E-state index contributed by atoms with van der Waals surface area (Å²) in [7, 11) is 0. The van der Waals surface area contributed by atoms with E-state index in [0.29, 0.717) is 21.5 Å². The molecule has 0 aliphatic rings. The van der Waals surface area contributed by atoms with E-state index in [1.54, 1.807) is 30.3 Å². The van der Waals surface area contributed by atoms with Crippen LogP contribution in [0.25, 0.3) is 21.3 Å². The van der Waals surface area contributed by atoms with Crippen molar-refractivity contribution in [2.45, 2.75) is 13.0 Å². The van der Waals surface area contributed by atoms with E-state index < -0.39 is 23.9 Å². The summed E-state index contributed by atoms with van der Waals surface area (Å²) in [6.45, 7) is -0.110. The minimum atomic E-state index is -2.86. The number of hydrogen-bond donors (Lipinski definition) is 2. The van der Waals surface area contributed by atoms with Gasteiger partial charge in [0.1, 0.15) is 27.8 Å². The number of amides is 2. The van der Waals surface area contributed by atoms with Gasteiger partial charge in [-0.2, -0.15) is 0 Å². The second kappa shape index (κ2) is 11.4.